The zero-order valence-electron chi connectivity index (χ0n) is 9.77. The van der Waals surface area contributed by atoms with Gasteiger partial charge in [-0.1, -0.05) is 0 Å². The minimum Gasteiger partial charge on any atom is -0.494 e. The van der Waals surface area contributed by atoms with Crippen LogP contribution in [0.4, 0.5) is 21.6 Å². The number of hydrogen-bond acceptors (Lipinski definition) is 5. The molecule has 6 heteroatoms. The van der Waals surface area contributed by atoms with Crippen LogP contribution >= 0.6 is 0 Å². The van der Waals surface area contributed by atoms with Crippen LogP contribution in [0, 0.1) is 5.82 Å². The second kappa shape index (κ2) is 5.33. The summed E-state index contributed by atoms with van der Waals surface area (Å²) in [4.78, 5) is 3.99. The Morgan fingerprint density at radius 2 is 2.11 bits per heavy atom. The molecular weight excluding hydrogens is 235 g/mol. The summed E-state index contributed by atoms with van der Waals surface area (Å²) >= 11 is 0. The lowest BCUT2D eigenvalue weighted by atomic mass is 10.2. The van der Waals surface area contributed by atoms with Gasteiger partial charge in [-0.05, 0) is 18.2 Å². The molecule has 0 fully saturated rings. The molecule has 0 unspecified atom stereocenters. The molecule has 1 heterocycles. The van der Waals surface area contributed by atoms with Crippen LogP contribution in [-0.4, -0.2) is 12.1 Å². The number of benzene rings is 1. The van der Waals surface area contributed by atoms with E-state index in [1.807, 2.05) is 0 Å². The van der Waals surface area contributed by atoms with Crippen molar-refractivity contribution in [1.29, 1.82) is 0 Å². The fourth-order valence-corrected chi connectivity index (χ4v) is 1.51. The van der Waals surface area contributed by atoms with Crippen LogP contribution in [0.2, 0.25) is 0 Å². The number of nitrogens with one attached hydrogen (secondary N) is 2. The Kier molecular flexibility index (Phi) is 3.59. The van der Waals surface area contributed by atoms with Crippen LogP contribution in [0.3, 0.4) is 0 Å². The van der Waals surface area contributed by atoms with Crippen LogP contribution in [0.1, 0.15) is 0 Å². The highest BCUT2D eigenvalue weighted by molar-refractivity contribution is 5.67. The van der Waals surface area contributed by atoms with E-state index in [2.05, 4.69) is 15.7 Å². The average molecular weight is 248 g/mol. The molecule has 0 aliphatic heterocycles. The summed E-state index contributed by atoms with van der Waals surface area (Å²) in [5, 5.41) is 3.10. The number of methoxy groups -OCH3 is 1. The molecule has 4 N–H and O–H groups in total. The lowest BCUT2D eigenvalue weighted by molar-refractivity contribution is 0.413. The molecule has 1 aromatic carbocycles. The highest BCUT2D eigenvalue weighted by Crippen LogP contribution is 2.28. The molecule has 0 saturated carbocycles. The van der Waals surface area contributed by atoms with Gasteiger partial charge in [0.2, 0.25) is 0 Å². The number of halogens is 1. The van der Waals surface area contributed by atoms with E-state index in [-0.39, 0.29) is 5.82 Å². The number of rotatable bonds is 4. The van der Waals surface area contributed by atoms with E-state index in [1.54, 1.807) is 24.4 Å². The number of nitrogen functional groups attached to an aromatic ring is 1. The van der Waals surface area contributed by atoms with E-state index >= 15 is 0 Å². The van der Waals surface area contributed by atoms with Crippen molar-refractivity contribution in [3.05, 3.63) is 42.3 Å². The number of nitrogens with two attached hydrogens (primary N) is 1. The van der Waals surface area contributed by atoms with Gasteiger partial charge in [0.15, 0.2) is 0 Å². The van der Waals surface area contributed by atoms with Crippen LogP contribution in [-0.2, 0) is 0 Å². The summed E-state index contributed by atoms with van der Waals surface area (Å²) in [7, 11) is 1.49. The first-order valence-electron chi connectivity index (χ1n) is 5.26. The molecule has 0 spiro atoms. The molecule has 0 saturated heterocycles. The predicted molar refractivity (Wildman–Crippen MR) is 68.3 cm³/mol. The van der Waals surface area contributed by atoms with Crippen LogP contribution in [0.15, 0.2) is 36.5 Å². The van der Waals surface area contributed by atoms with Crippen molar-refractivity contribution in [2.75, 3.05) is 17.9 Å². The Morgan fingerprint density at radius 1 is 1.28 bits per heavy atom. The molecule has 0 bridgehead atoms. The third-order valence-electron chi connectivity index (χ3n) is 2.35. The van der Waals surface area contributed by atoms with E-state index < -0.39 is 0 Å². The molecule has 2 rings (SSSR count). The van der Waals surface area contributed by atoms with Crippen molar-refractivity contribution < 1.29 is 9.13 Å². The monoisotopic (exact) mass is 248 g/mol. The fraction of sp³-hybridized carbons (Fsp3) is 0.0833. The van der Waals surface area contributed by atoms with Gasteiger partial charge in [0.1, 0.15) is 17.4 Å². The fourth-order valence-electron chi connectivity index (χ4n) is 1.51. The van der Waals surface area contributed by atoms with Gasteiger partial charge < -0.3 is 15.5 Å². The molecule has 0 radical (unpaired) electrons. The molecule has 0 atom stereocenters. The van der Waals surface area contributed by atoms with Gasteiger partial charge in [0.05, 0.1) is 12.8 Å². The molecular formula is C12H13FN4O. The normalized spacial score (nSPS) is 9.94. The van der Waals surface area contributed by atoms with Crippen molar-refractivity contribution in [1.82, 2.24) is 4.98 Å². The summed E-state index contributed by atoms with van der Waals surface area (Å²) in [6, 6.07) is 7.76. The second-order valence-corrected chi connectivity index (χ2v) is 3.54. The Morgan fingerprint density at radius 3 is 2.83 bits per heavy atom. The maximum absolute atomic E-state index is 13.0. The number of aromatic nitrogens is 1. The lowest BCUT2D eigenvalue weighted by Crippen LogP contribution is -2.08. The molecule has 18 heavy (non-hydrogen) atoms. The van der Waals surface area contributed by atoms with E-state index in [9.17, 15) is 4.39 Å². The van der Waals surface area contributed by atoms with Gasteiger partial charge >= 0.3 is 0 Å². The van der Waals surface area contributed by atoms with Gasteiger partial charge in [0.25, 0.3) is 0 Å². The zero-order valence-corrected chi connectivity index (χ0v) is 9.77. The topological polar surface area (TPSA) is 72.2 Å². The van der Waals surface area contributed by atoms with E-state index in [0.29, 0.717) is 17.3 Å². The highest BCUT2D eigenvalue weighted by Gasteiger charge is 2.05. The van der Waals surface area contributed by atoms with Crippen molar-refractivity contribution in [3.63, 3.8) is 0 Å². The number of hydrogen-bond donors (Lipinski definition) is 3. The predicted octanol–water partition coefficient (Wildman–Crippen LogP) is 2.26. The summed E-state index contributed by atoms with van der Waals surface area (Å²) in [6.07, 6.45) is 1.60. The SMILES string of the molecule is COc1cc(F)ccc1Nc1ccnc(NN)c1. The van der Waals surface area contributed by atoms with Gasteiger partial charge in [-0.2, -0.15) is 0 Å². The first kappa shape index (κ1) is 12.1. The van der Waals surface area contributed by atoms with E-state index in [0.717, 1.165) is 5.69 Å². The molecule has 0 amide bonds. The number of ether oxygens (including phenoxy) is 1. The first-order chi connectivity index (χ1) is 8.72. The summed E-state index contributed by atoms with van der Waals surface area (Å²) in [5.74, 6) is 5.88. The zero-order chi connectivity index (χ0) is 13.0. The number of anilines is 3. The first-order valence-corrected chi connectivity index (χ1v) is 5.26. The van der Waals surface area contributed by atoms with Crippen LogP contribution < -0.4 is 21.3 Å². The number of nitrogens with zero attached hydrogens (tertiary/aromatic N) is 1. The molecule has 1 aromatic heterocycles. The molecule has 5 nitrogen and oxygen atoms in total. The summed E-state index contributed by atoms with van der Waals surface area (Å²) in [5.41, 5.74) is 3.88. The van der Waals surface area contributed by atoms with Gasteiger partial charge in [0, 0.05) is 24.0 Å². The largest absolute Gasteiger partial charge is 0.494 e. The minimum absolute atomic E-state index is 0.351. The molecule has 2 aromatic rings. The highest BCUT2D eigenvalue weighted by atomic mass is 19.1. The smallest absolute Gasteiger partial charge is 0.145 e. The van der Waals surface area contributed by atoms with Crippen molar-refractivity contribution in [3.8, 4) is 5.75 Å². The number of pyridine rings is 1. The molecule has 0 aliphatic rings. The maximum Gasteiger partial charge on any atom is 0.145 e. The van der Waals surface area contributed by atoms with Gasteiger partial charge in [-0.3, -0.25) is 0 Å². The maximum atomic E-state index is 13.0. The van der Waals surface area contributed by atoms with Crippen LogP contribution in [0.25, 0.3) is 0 Å². The third-order valence-corrected chi connectivity index (χ3v) is 2.35. The molecule has 94 valence electrons. The Balaban J connectivity index is 2.27. The second-order valence-electron chi connectivity index (χ2n) is 3.54. The summed E-state index contributed by atoms with van der Waals surface area (Å²) in [6.45, 7) is 0. The van der Waals surface area contributed by atoms with E-state index in [4.69, 9.17) is 10.6 Å². The Labute approximate surface area is 104 Å². The molecule has 0 aliphatic carbocycles. The van der Waals surface area contributed by atoms with Crippen LogP contribution in [0.5, 0.6) is 5.75 Å². The van der Waals surface area contributed by atoms with Crippen molar-refractivity contribution in [2.45, 2.75) is 0 Å². The quantitative estimate of drug-likeness (QED) is 0.571. The Bertz CT molecular complexity index is 547. The average Bonchev–Trinajstić information content (AvgIpc) is 2.41. The standard InChI is InChI=1S/C12H13FN4O/c1-18-11-6-8(13)2-3-10(11)16-9-4-5-15-12(7-9)17-14/h2-7H,14H2,1H3,(H2,15,16,17). The van der Waals surface area contributed by atoms with Crippen molar-refractivity contribution in [2.24, 2.45) is 5.84 Å². The van der Waals surface area contributed by atoms with Gasteiger partial charge in [-0.15, -0.1) is 0 Å². The van der Waals surface area contributed by atoms with E-state index in [1.165, 1.54) is 19.2 Å². The Hall–Kier alpha value is -2.34. The number of hydrazine groups is 1. The van der Waals surface area contributed by atoms with Gasteiger partial charge in [-0.25, -0.2) is 15.2 Å². The van der Waals surface area contributed by atoms with Crippen molar-refractivity contribution >= 4 is 17.2 Å². The summed E-state index contributed by atoms with van der Waals surface area (Å²) < 4.78 is 18.1. The lowest BCUT2D eigenvalue weighted by Gasteiger charge is -2.11. The third kappa shape index (κ3) is 2.67. The minimum atomic E-state index is -0.351.